The van der Waals surface area contributed by atoms with Crippen LogP contribution in [-0.2, 0) is 10.0 Å². The van der Waals surface area contributed by atoms with Crippen LogP contribution in [0.5, 0.6) is 0 Å². The number of amides is 1. The predicted octanol–water partition coefficient (Wildman–Crippen LogP) is 4.07. The Labute approximate surface area is 189 Å². The van der Waals surface area contributed by atoms with Crippen molar-refractivity contribution < 1.29 is 13.2 Å². The molecule has 2 heterocycles. The number of carbonyl (C=O) groups is 1. The predicted molar refractivity (Wildman–Crippen MR) is 127 cm³/mol. The number of piperidine rings is 1. The van der Waals surface area contributed by atoms with E-state index in [0.717, 1.165) is 54.4 Å². The lowest BCUT2D eigenvalue weighted by molar-refractivity contribution is 0.0987. The third kappa shape index (κ3) is 4.47. The number of rotatable bonds is 4. The lowest BCUT2D eigenvalue weighted by atomic mass is 10.1. The molecule has 0 aliphatic carbocycles. The summed E-state index contributed by atoms with van der Waals surface area (Å²) < 4.78 is 26.8. The third-order valence-corrected chi connectivity index (χ3v) is 8.82. The first kappa shape index (κ1) is 22.2. The van der Waals surface area contributed by atoms with Crippen LogP contribution in [0.2, 0.25) is 0 Å². The highest BCUT2D eigenvalue weighted by Gasteiger charge is 2.29. The maximum atomic E-state index is 13.9. The van der Waals surface area contributed by atoms with Gasteiger partial charge in [0.1, 0.15) is 0 Å². The summed E-state index contributed by atoms with van der Waals surface area (Å²) in [7, 11) is -0.616. The SMILES string of the molecule is CN(C)S(=O)(=O)c1ccc(N2CCCCC2)c(C(=O)N2CCCSc3ccccc32)c1. The van der Waals surface area contributed by atoms with Gasteiger partial charge in [0.05, 0.1) is 16.1 Å². The second-order valence-corrected chi connectivity index (χ2v) is 11.4. The van der Waals surface area contributed by atoms with E-state index in [1.165, 1.54) is 24.8 Å². The number of fused-ring (bicyclic) bond motifs is 1. The zero-order valence-corrected chi connectivity index (χ0v) is 19.7. The van der Waals surface area contributed by atoms with Crippen LogP contribution in [0.3, 0.4) is 0 Å². The smallest absolute Gasteiger partial charge is 0.260 e. The summed E-state index contributed by atoms with van der Waals surface area (Å²) in [5, 5.41) is 0. The van der Waals surface area contributed by atoms with E-state index in [9.17, 15) is 13.2 Å². The van der Waals surface area contributed by atoms with E-state index >= 15 is 0 Å². The van der Waals surface area contributed by atoms with Gasteiger partial charge in [-0.1, -0.05) is 12.1 Å². The van der Waals surface area contributed by atoms with Gasteiger partial charge in [0.15, 0.2) is 0 Å². The molecule has 0 radical (unpaired) electrons. The summed E-state index contributed by atoms with van der Waals surface area (Å²) in [6, 6.07) is 13.0. The standard InChI is InChI=1S/C23H29N3O3S2/c1-24(2)31(28,29)18-11-12-20(25-13-6-3-7-14-25)19(17-18)23(27)26-15-8-16-30-22-10-5-4-9-21(22)26/h4-5,9-12,17H,3,6-8,13-16H2,1-2H3. The van der Waals surface area contributed by atoms with Crippen molar-refractivity contribution in [3.05, 3.63) is 48.0 Å². The number of thioether (sulfide) groups is 1. The van der Waals surface area contributed by atoms with Crippen molar-refractivity contribution >= 4 is 39.1 Å². The molecular formula is C23H29N3O3S2. The number of hydrogen-bond acceptors (Lipinski definition) is 5. The molecule has 166 valence electrons. The minimum atomic E-state index is -3.64. The van der Waals surface area contributed by atoms with E-state index in [1.54, 1.807) is 23.9 Å². The summed E-state index contributed by atoms with van der Waals surface area (Å²) in [6.07, 6.45) is 4.23. The summed E-state index contributed by atoms with van der Waals surface area (Å²) in [5.74, 6) is 0.820. The second-order valence-electron chi connectivity index (χ2n) is 8.14. The summed E-state index contributed by atoms with van der Waals surface area (Å²) in [5.41, 5.74) is 2.20. The molecule has 31 heavy (non-hydrogen) atoms. The van der Waals surface area contributed by atoms with E-state index in [4.69, 9.17) is 0 Å². The Morgan fingerprint density at radius 2 is 1.68 bits per heavy atom. The van der Waals surface area contributed by atoms with E-state index in [1.807, 2.05) is 35.2 Å². The summed E-state index contributed by atoms with van der Waals surface area (Å²) >= 11 is 1.76. The monoisotopic (exact) mass is 459 g/mol. The first-order valence-corrected chi connectivity index (χ1v) is 13.2. The van der Waals surface area contributed by atoms with Crippen molar-refractivity contribution in [3.8, 4) is 0 Å². The maximum Gasteiger partial charge on any atom is 0.260 e. The highest BCUT2D eigenvalue weighted by molar-refractivity contribution is 7.99. The number of anilines is 2. The van der Waals surface area contributed by atoms with E-state index in [0.29, 0.717) is 12.1 Å². The van der Waals surface area contributed by atoms with E-state index in [2.05, 4.69) is 4.90 Å². The number of benzene rings is 2. The molecule has 0 N–H and O–H groups in total. The molecule has 0 saturated carbocycles. The Balaban J connectivity index is 1.82. The fourth-order valence-corrected chi connectivity index (χ4v) is 6.07. The number of sulfonamides is 1. The Bertz CT molecular complexity index is 1060. The van der Waals surface area contributed by atoms with Crippen molar-refractivity contribution in [3.63, 3.8) is 0 Å². The molecule has 4 rings (SSSR count). The highest BCUT2D eigenvalue weighted by Crippen LogP contribution is 2.36. The molecular weight excluding hydrogens is 430 g/mol. The van der Waals surface area contributed by atoms with Gasteiger partial charge in [-0.05, 0) is 61.8 Å². The zero-order chi connectivity index (χ0) is 22.0. The van der Waals surface area contributed by atoms with Crippen LogP contribution in [-0.4, -0.2) is 58.1 Å². The van der Waals surface area contributed by atoms with Gasteiger partial charge >= 0.3 is 0 Å². The number of para-hydroxylation sites is 1. The Kier molecular flexibility index (Phi) is 6.60. The van der Waals surface area contributed by atoms with Crippen LogP contribution in [0.25, 0.3) is 0 Å². The first-order chi connectivity index (χ1) is 14.9. The Morgan fingerprint density at radius 3 is 2.42 bits per heavy atom. The molecule has 2 aliphatic rings. The Morgan fingerprint density at radius 1 is 0.935 bits per heavy atom. The van der Waals surface area contributed by atoms with Crippen molar-refractivity contribution in [2.45, 2.75) is 35.5 Å². The average Bonchev–Trinajstić information content (AvgIpc) is 3.01. The van der Waals surface area contributed by atoms with Gasteiger partial charge in [0.25, 0.3) is 5.91 Å². The first-order valence-electron chi connectivity index (χ1n) is 10.7. The van der Waals surface area contributed by atoms with Gasteiger partial charge in [0, 0.05) is 44.3 Å². The quantitative estimate of drug-likeness (QED) is 0.690. The molecule has 0 unspecified atom stereocenters. The van der Waals surface area contributed by atoms with Crippen LogP contribution < -0.4 is 9.80 Å². The molecule has 1 saturated heterocycles. The summed E-state index contributed by atoms with van der Waals surface area (Å²) in [6.45, 7) is 2.38. The second kappa shape index (κ2) is 9.22. The largest absolute Gasteiger partial charge is 0.371 e. The van der Waals surface area contributed by atoms with Gasteiger partial charge in [-0.15, -0.1) is 11.8 Å². The molecule has 8 heteroatoms. The lowest BCUT2D eigenvalue weighted by Gasteiger charge is -2.32. The fraction of sp³-hybridized carbons (Fsp3) is 0.435. The van der Waals surface area contributed by atoms with Crippen LogP contribution in [0, 0.1) is 0 Å². The molecule has 1 fully saturated rings. The minimum absolute atomic E-state index is 0.133. The molecule has 2 aliphatic heterocycles. The number of hydrogen-bond donors (Lipinski definition) is 0. The lowest BCUT2D eigenvalue weighted by Crippen LogP contribution is -2.36. The minimum Gasteiger partial charge on any atom is -0.371 e. The fourth-order valence-electron chi connectivity index (χ4n) is 4.15. The van der Waals surface area contributed by atoms with Gasteiger partial charge in [0.2, 0.25) is 10.0 Å². The molecule has 1 amide bonds. The van der Waals surface area contributed by atoms with Crippen LogP contribution in [0.1, 0.15) is 36.0 Å². The van der Waals surface area contributed by atoms with Crippen molar-refractivity contribution in [1.82, 2.24) is 4.31 Å². The molecule has 6 nitrogen and oxygen atoms in total. The molecule has 0 bridgehead atoms. The molecule has 2 aromatic carbocycles. The van der Waals surface area contributed by atoms with Crippen molar-refractivity contribution in [2.75, 3.05) is 49.3 Å². The average molecular weight is 460 g/mol. The molecule has 0 spiro atoms. The maximum absolute atomic E-state index is 13.9. The van der Waals surface area contributed by atoms with Crippen LogP contribution in [0.4, 0.5) is 11.4 Å². The molecule has 2 aromatic rings. The Hall–Kier alpha value is -2.03. The van der Waals surface area contributed by atoms with Crippen molar-refractivity contribution in [2.24, 2.45) is 0 Å². The van der Waals surface area contributed by atoms with Crippen LogP contribution >= 0.6 is 11.8 Å². The topological polar surface area (TPSA) is 60.9 Å². The van der Waals surface area contributed by atoms with Crippen molar-refractivity contribution in [1.29, 1.82) is 0 Å². The van der Waals surface area contributed by atoms with Gasteiger partial charge in [-0.25, -0.2) is 12.7 Å². The van der Waals surface area contributed by atoms with Crippen LogP contribution in [0.15, 0.2) is 52.3 Å². The van der Waals surface area contributed by atoms with Gasteiger partial charge < -0.3 is 9.80 Å². The summed E-state index contributed by atoms with van der Waals surface area (Å²) in [4.78, 5) is 19.2. The number of carbonyl (C=O) groups excluding carboxylic acids is 1. The normalized spacial score (nSPS) is 17.4. The van der Waals surface area contributed by atoms with E-state index < -0.39 is 10.0 Å². The van der Waals surface area contributed by atoms with Gasteiger partial charge in [-0.2, -0.15) is 0 Å². The van der Waals surface area contributed by atoms with Gasteiger partial charge in [-0.3, -0.25) is 4.79 Å². The highest BCUT2D eigenvalue weighted by atomic mass is 32.2. The third-order valence-electron chi connectivity index (χ3n) is 5.86. The molecule has 0 aromatic heterocycles. The zero-order valence-electron chi connectivity index (χ0n) is 18.1. The van der Waals surface area contributed by atoms with E-state index in [-0.39, 0.29) is 10.8 Å². The number of nitrogens with zero attached hydrogens (tertiary/aromatic N) is 3. The molecule has 0 atom stereocenters.